The molecule has 2 rings (SSSR count). The average Bonchev–Trinajstić information content (AvgIpc) is 2.77. The molecule has 0 spiro atoms. The van der Waals surface area contributed by atoms with Crippen molar-refractivity contribution >= 4 is 9.76 Å². The van der Waals surface area contributed by atoms with Crippen molar-refractivity contribution in [1.29, 1.82) is 0 Å². The van der Waals surface area contributed by atoms with Crippen LogP contribution in [0.1, 0.15) is 26.7 Å². The van der Waals surface area contributed by atoms with Gasteiger partial charge in [0.05, 0.1) is 0 Å². The standard InChI is InChI=1S/C12H20OSi/c1-3-9(2)14-13-8-12-10-4-5-11(12)7-6-10/h3-5,10-12H,6-8,14H2,1-2H3/b9-3+. The third-order valence-corrected chi connectivity index (χ3v) is 4.97. The molecule has 0 aromatic carbocycles. The third kappa shape index (κ3) is 2.01. The quantitative estimate of drug-likeness (QED) is 0.508. The largest absolute Gasteiger partial charge is 0.419 e. The number of hydrogen-bond donors (Lipinski definition) is 0. The summed E-state index contributed by atoms with van der Waals surface area (Å²) < 4.78 is 5.88. The first-order valence-electron chi connectivity index (χ1n) is 5.69. The van der Waals surface area contributed by atoms with Crippen molar-refractivity contribution in [2.45, 2.75) is 26.7 Å². The molecule has 2 aliphatic rings. The lowest BCUT2D eigenvalue weighted by molar-refractivity contribution is 0.230. The molecule has 0 aromatic rings. The molecule has 0 aliphatic heterocycles. The predicted molar refractivity (Wildman–Crippen MR) is 62.8 cm³/mol. The summed E-state index contributed by atoms with van der Waals surface area (Å²) in [6, 6.07) is 0. The topological polar surface area (TPSA) is 9.23 Å². The van der Waals surface area contributed by atoms with E-state index in [2.05, 4.69) is 32.1 Å². The molecule has 2 unspecified atom stereocenters. The SMILES string of the molecule is C/C=C(\C)[SiH2]OCC1C2C=CC1CC2. The smallest absolute Gasteiger partial charge is 0.187 e. The molecule has 2 atom stereocenters. The van der Waals surface area contributed by atoms with E-state index < -0.39 is 0 Å². The molecule has 14 heavy (non-hydrogen) atoms. The van der Waals surface area contributed by atoms with Crippen molar-refractivity contribution < 1.29 is 4.43 Å². The summed E-state index contributed by atoms with van der Waals surface area (Å²) >= 11 is 0. The van der Waals surface area contributed by atoms with Gasteiger partial charge in [0.25, 0.3) is 0 Å². The van der Waals surface area contributed by atoms with E-state index in [9.17, 15) is 0 Å². The van der Waals surface area contributed by atoms with E-state index in [0.717, 1.165) is 24.4 Å². The lowest BCUT2D eigenvalue weighted by Crippen LogP contribution is -2.17. The summed E-state index contributed by atoms with van der Waals surface area (Å²) in [5.74, 6) is 2.52. The molecule has 1 saturated carbocycles. The van der Waals surface area contributed by atoms with Crippen molar-refractivity contribution in [2.24, 2.45) is 17.8 Å². The van der Waals surface area contributed by atoms with Crippen molar-refractivity contribution in [3.8, 4) is 0 Å². The zero-order valence-electron chi connectivity index (χ0n) is 9.20. The van der Waals surface area contributed by atoms with Gasteiger partial charge >= 0.3 is 0 Å². The van der Waals surface area contributed by atoms with Crippen LogP contribution in [0.15, 0.2) is 23.4 Å². The van der Waals surface area contributed by atoms with Crippen LogP contribution in [-0.4, -0.2) is 16.4 Å². The summed E-state index contributed by atoms with van der Waals surface area (Å²) in [6.45, 7) is 5.31. The highest BCUT2D eigenvalue weighted by Gasteiger charge is 2.37. The van der Waals surface area contributed by atoms with Gasteiger partial charge in [-0.2, -0.15) is 0 Å². The number of allylic oxidation sites excluding steroid dienone is 4. The fourth-order valence-corrected chi connectivity index (χ4v) is 3.46. The van der Waals surface area contributed by atoms with Crippen molar-refractivity contribution in [3.05, 3.63) is 23.4 Å². The minimum Gasteiger partial charge on any atom is -0.419 e. The van der Waals surface area contributed by atoms with E-state index in [1.165, 1.54) is 18.0 Å². The number of fused-ring (bicyclic) bond motifs is 2. The van der Waals surface area contributed by atoms with E-state index in [1.807, 2.05) is 0 Å². The molecular weight excluding hydrogens is 188 g/mol. The van der Waals surface area contributed by atoms with Crippen molar-refractivity contribution in [2.75, 3.05) is 6.61 Å². The molecule has 0 radical (unpaired) electrons. The van der Waals surface area contributed by atoms with Crippen LogP contribution in [0.25, 0.3) is 0 Å². The highest BCUT2D eigenvalue weighted by atomic mass is 28.2. The van der Waals surface area contributed by atoms with Crippen LogP contribution in [0.2, 0.25) is 0 Å². The Morgan fingerprint density at radius 2 is 2.07 bits per heavy atom. The molecule has 78 valence electrons. The van der Waals surface area contributed by atoms with Gasteiger partial charge in [-0.3, -0.25) is 0 Å². The van der Waals surface area contributed by atoms with Gasteiger partial charge in [0.15, 0.2) is 9.76 Å². The third-order valence-electron chi connectivity index (χ3n) is 3.67. The average molecular weight is 208 g/mol. The molecule has 2 aliphatic carbocycles. The van der Waals surface area contributed by atoms with Crippen LogP contribution in [0, 0.1) is 17.8 Å². The van der Waals surface area contributed by atoms with Gasteiger partial charge in [0.1, 0.15) is 0 Å². The Morgan fingerprint density at radius 3 is 2.57 bits per heavy atom. The minimum atomic E-state index is -0.382. The van der Waals surface area contributed by atoms with Crippen LogP contribution in [0.3, 0.4) is 0 Å². The van der Waals surface area contributed by atoms with Gasteiger partial charge < -0.3 is 4.43 Å². The fourth-order valence-electron chi connectivity index (χ4n) is 2.58. The van der Waals surface area contributed by atoms with Gasteiger partial charge in [-0.25, -0.2) is 0 Å². The highest BCUT2D eigenvalue weighted by molar-refractivity contribution is 6.37. The molecule has 2 heteroatoms. The van der Waals surface area contributed by atoms with E-state index in [4.69, 9.17) is 4.43 Å². The van der Waals surface area contributed by atoms with Gasteiger partial charge in [-0.15, -0.1) is 0 Å². The van der Waals surface area contributed by atoms with Crippen molar-refractivity contribution in [3.63, 3.8) is 0 Å². The zero-order valence-corrected chi connectivity index (χ0v) is 10.6. The first-order valence-corrected chi connectivity index (χ1v) is 6.97. The molecule has 0 saturated heterocycles. The Balaban J connectivity index is 1.73. The maximum absolute atomic E-state index is 5.88. The van der Waals surface area contributed by atoms with Gasteiger partial charge in [0.2, 0.25) is 0 Å². The summed E-state index contributed by atoms with van der Waals surface area (Å²) in [4.78, 5) is 0. The van der Waals surface area contributed by atoms with E-state index in [0.29, 0.717) is 0 Å². The Hall–Kier alpha value is -0.343. The number of hydrogen-bond acceptors (Lipinski definition) is 1. The zero-order chi connectivity index (χ0) is 9.97. The Bertz CT molecular complexity index is 243. The summed E-state index contributed by atoms with van der Waals surface area (Å²) in [6.07, 6.45) is 9.81. The van der Waals surface area contributed by atoms with Gasteiger partial charge in [0, 0.05) is 6.61 Å². The highest BCUT2D eigenvalue weighted by Crippen LogP contribution is 2.44. The Morgan fingerprint density at radius 1 is 1.43 bits per heavy atom. The predicted octanol–water partition coefficient (Wildman–Crippen LogP) is 2.22. The fraction of sp³-hybridized carbons (Fsp3) is 0.667. The van der Waals surface area contributed by atoms with Gasteiger partial charge in [-0.1, -0.05) is 23.4 Å². The van der Waals surface area contributed by atoms with E-state index in [1.54, 1.807) is 0 Å². The maximum atomic E-state index is 5.88. The Labute approximate surface area is 89.2 Å². The molecule has 1 fully saturated rings. The van der Waals surface area contributed by atoms with E-state index >= 15 is 0 Å². The summed E-state index contributed by atoms with van der Waals surface area (Å²) in [5, 5.41) is 1.48. The minimum absolute atomic E-state index is 0.382. The normalized spacial score (nSPS) is 36.4. The molecule has 0 heterocycles. The van der Waals surface area contributed by atoms with Crippen LogP contribution in [0.4, 0.5) is 0 Å². The maximum Gasteiger partial charge on any atom is 0.187 e. The van der Waals surface area contributed by atoms with Crippen LogP contribution >= 0.6 is 0 Å². The lowest BCUT2D eigenvalue weighted by Gasteiger charge is -2.16. The second-order valence-electron chi connectivity index (χ2n) is 4.60. The second-order valence-corrected chi connectivity index (χ2v) is 6.42. The molecular formula is C12H20OSi. The van der Waals surface area contributed by atoms with Crippen LogP contribution < -0.4 is 0 Å². The molecule has 0 N–H and O–H groups in total. The Kier molecular flexibility index (Phi) is 3.24. The number of rotatable bonds is 4. The van der Waals surface area contributed by atoms with Crippen LogP contribution in [0.5, 0.6) is 0 Å². The first kappa shape index (κ1) is 10.2. The lowest BCUT2D eigenvalue weighted by atomic mass is 9.98. The van der Waals surface area contributed by atoms with Crippen LogP contribution in [-0.2, 0) is 4.43 Å². The van der Waals surface area contributed by atoms with Crippen molar-refractivity contribution in [1.82, 2.24) is 0 Å². The second kappa shape index (κ2) is 4.45. The molecule has 1 nitrogen and oxygen atoms in total. The molecule has 0 amide bonds. The van der Waals surface area contributed by atoms with E-state index in [-0.39, 0.29) is 9.76 Å². The first-order chi connectivity index (χ1) is 6.81. The molecule has 0 aromatic heterocycles. The summed E-state index contributed by atoms with van der Waals surface area (Å²) in [5.41, 5.74) is 0. The monoisotopic (exact) mass is 208 g/mol. The van der Waals surface area contributed by atoms with Gasteiger partial charge in [-0.05, 0) is 44.4 Å². The summed E-state index contributed by atoms with van der Waals surface area (Å²) in [7, 11) is -0.382. The molecule has 2 bridgehead atoms.